The summed E-state index contributed by atoms with van der Waals surface area (Å²) >= 11 is 0. The van der Waals surface area contributed by atoms with Gasteiger partial charge in [0, 0.05) is 7.05 Å². The molecule has 1 N–H and O–H groups in total. The fourth-order valence-corrected chi connectivity index (χ4v) is 1.97. The summed E-state index contributed by atoms with van der Waals surface area (Å²) in [5.74, 6) is 1.26. The number of nitrogens with zero attached hydrogens (tertiary/aromatic N) is 2. The number of imide groups is 1. The number of hydrogen-bond donors (Lipinski definition) is 1. The summed E-state index contributed by atoms with van der Waals surface area (Å²) < 4.78 is 5.60. The number of amides is 3. The van der Waals surface area contributed by atoms with Crippen molar-refractivity contribution < 1.29 is 14.0 Å². The molecule has 0 aliphatic carbocycles. The van der Waals surface area contributed by atoms with Crippen molar-refractivity contribution in [3.05, 3.63) is 23.7 Å². The molecule has 0 spiro atoms. The maximum Gasteiger partial charge on any atom is 0.327 e. The Bertz CT molecular complexity index is 469. The highest BCUT2D eigenvalue weighted by molar-refractivity contribution is 6.01. The molecule has 3 amide bonds. The Balaban J connectivity index is 1.93. The van der Waals surface area contributed by atoms with Gasteiger partial charge in [0.1, 0.15) is 18.1 Å². The monoisotopic (exact) mass is 265 g/mol. The van der Waals surface area contributed by atoms with Crippen molar-refractivity contribution in [1.29, 1.82) is 0 Å². The van der Waals surface area contributed by atoms with Crippen LogP contribution in [-0.2, 0) is 17.9 Å². The van der Waals surface area contributed by atoms with Gasteiger partial charge in [0.2, 0.25) is 0 Å². The number of furan rings is 1. The molecule has 19 heavy (non-hydrogen) atoms. The Morgan fingerprint density at radius 1 is 1.32 bits per heavy atom. The molecule has 0 atom stereocenters. The van der Waals surface area contributed by atoms with Crippen molar-refractivity contribution in [3.8, 4) is 0 Å². The average Bonchev–Trinajstić information content (AvgIpc) is 2.91. The molecule has 6 nitrogen and oxygen atoms in total. The Kier molecular flexibility index (Phi) is 4.21. The Morgan fingerprint density at radius 3 is 2.68 bits per heavy atom. The smallest absolute Gasteiger partial charge is 0.327 e. The van der Waals surface area contributed by atoms with E-state index in [2.05, 4.69) is 12.2 Å². The first-order valence-corrected chi connectivity index (χ1v) is 6.45. The number of carbonyl (C=O) groups excluding carboxylic acids is 2. The molecule has 1 aromatic rings. The predicted molar refractivity (Wildman–Crippen MR) is 69.3 cm³/mol. The second-order valence-electron chi connectivity index (χ2n) is 4.66. The van der Waals surface area contributed by atoms with Gasteiger partial charge in [-0.3, -0.25) is 9.69 Å². The van der Waals surface area contributed by atoms with Crippen molar-refractivity contribution in [1.82, 2.24) is 15.1 Å². The van der Waals surface area contributed by atoms with Crippen molar-refractivity contribution in [2.75, 3.05) is 20.1 Å². The van der Waals surface area contributed by atoms with Gasteiger partial charge in [-0.1, -0.05) is 6.92 Å². The molecule has 0 aromatic carbocycles. The summed E-state index contributed by atoms with van der Waals surface area (Å²) in [6, 6.07) is 3.40. The first kappa shape index (κ1) is 13.6. The normalized spacial score (nSPS) is 15.7. The van der Waals surface area contributed by atoms with Crippen molar-refractivity contribution >= 4 is 11.9 Å². The first-order chi connectivity index (χ1) is 9.11. The third-order valence-electron chi connectivity index (χ3n) is 2.99. The summed E-state index contributed by atoms with van der Waals surface area (Å²) in [5, 5.41) is 3.23. The van der Waals surface area contributed by atoms with Crippen LogP contribution in [0.25, 0.3) is 0 Å². The van der Waals surface area contributed by atoms with Crippen LogP contribution in [0.15, 0.2) is 16.5 Å². The zero-order chi connectivity index (χ0) is 13.8. The third-order valence-corrected chi connectivity index (χ3v) is 2.99. The van der Waals surface area contributed by atoms with Gasteiger partial charge < -0.3 is 14.6 Å². The lowest BCUT2D eigenvalue weighted by Crippen LogP contribution is -2.30. The number of likely N-dealkylation sites (N-methyl/N-ethyl adjacent to an activating group) is 1. The highest BCUT2D eigenvalue weighted by Crippen LogP contribution is 2.15. The maximum absolute atomic E-state index is 11.7. The highest BCUT2D eigenvalue weighted by atomic mass is 16.3. The van der Waals surface area contributed by atoms with E-state index in [9.17, 15) is 9.59 Å². The first-order valence-electron chi connectivity index (χ1n) is 6.45. The van der Waals surface area contributed by atoms with Crippen LogP contribution in [0.1, 0.15) is 24.9 Å². The average molecular weight is 265 g/mol. The minimum Gasteiger partial charge on any atom is -0.463 e. The van der Waals surface area contributed by atoms with Crippen LogP contribution >= 0.6 is 0 Å². The van der Waals surface area contributed by atoms with E-state index in [-0.39, 0.29) is 25.0 Å². The Hall–Kier alpha value is -1.82. The van der Waals surface area contributed by atoms with Crippen molar-refractivity contribution in [2.45, 2.75) is 26.4 Å². The van der Waals surface area contributed by atoms with Gasteiger partial charge in [0.15, 0.2) is 0 Å². The molecule has 2 rings (SSSR count). The van der Waals surface area contributed by atoms with E-state index in [0.29, 0.717) is 12.3 Å². The van der Waals surface area contributed by atoms with Crippen LogP contribution in [0.4, 0.5) is 4.79 Å². The van der Waals surface area contributed by atoms with Crippen molar-refractivity contribution in [2.24, 2.45) is 0 Å². The van der Waals surface area contributed by atoms with E-state index < -0.39 is 0 Å². The van der Waals surface area contributed by atoms with Crippen LogP contribution in [0.5, 0.6) is 0 Å². The van der Waals surface area contributed by atoms with Crippen LogP contribution in [-0.4, -0.2) is 41.9 Å². The molecule has 0 unspecified atom stereocenters. The van der Waals surface area contributed by atoms with E-state index in [4.69, 9.17) is 4.42 Å². The topological polar surface area (TPSA) is 65.8 Å². The minimum atomic E-state index is -0.271. The zero-order valence-electron chi connectivity index (χ0n) is 11.3. The highest BCUT2D eigenvalue weighted by Gasteiger charge is 2.33. The molecule has 0 saturated carbocycles. The van der Waals surface area contributed by atoms with Crippen LogP contribution < -0.4 is 5.32 Å². The molecule has 1 fully saturated rings. The Morgan fingerprint density at radius 2 is 2.05 bits per heavy atom. The Labute approximate surface area is 112 Å². The summed E-state index contributed by atoms with van der Waals surface area (Å²) in [6.45, 7) is 4.04. The van der Waals surface area contributed by atoms with E-state index in [1.54, 1.807) is 7.05 Å². The van der Waals surface area contributed by atoms with Gasteiger partial charge >= 0.3 is 6.03 Å². The fourth-order valence-electron chi connectivity index (χ4n) is 1.97. The molecule has 1 aromatic heterocycles. The molecule has 1 saturated heterocycles. The molecular weight excluding hydrogens is 246 g/mol. The second-order valence-corrected chi connectivity index (χ2v) is 4.66. The predicted octanol–water partition coefficient (Wildman–Crippen LogP) is 1.17. The molecule has 104 valence electrons. The fraction of sp³-hybridized carbons (Fsp3) is 0.538. The standard InChI is InChI=1S/C13H19N3O3/c1-3-6-14-7-10-4-5-11(19-10)8-16-12(17)9-15(2)13(16)18/h4-5,14H,3,6-9H2,1-2H3. The van der Waals surface area contributed by atoms with Crippen LogP contribution in [0, 0.1) is 0 Å². The summed E-state index contributed by atoms with van der Waals surface area (Å²) in [5.41, 5.74) is 0. The summed E-state index contributed by atoms with van der Waals surface area (Å²) in [6.07, 6.45) is 1.07. The van der Waals surface area contributed by atoms with Gasteiger partial charge in [-0.15, -0.1) is 0 Å². The van der Waals surface area contributed by atoms with Gasteiger partial charge in [-0.05, 0) is 25.1 Å². The van der Waals surface area contributed by atoms with Crippen LogP contribution in [0.3, 0.4) is 0 Å². The maximum atomic E-state index is 11.7. The number of nitrogens with one attached hydrogen (secondary N) is 1. The number of carbonyl (C=O) groups is 2. The van der Waals surface area contributed by atoms with E-state index in [0.717, 1.165) is 18.7 Å². The second kappa shape index (κ2) is 5.88. The molecule has 0 bridgehead atoms. The van der Waals surface area contributed by atoms with Gasteiger partial charge in [-0.2, -0.15) is 0 Å². The lowest BCUT2D eigenvalue weighted by atomic mass is 10.4. The largest absolute Gasteiger partial charge is 0.463 e. The van der Waals surface area contributed by atoms with Gasteiger partial charge in [0.25, 0.3) is 5.91 Å². The molecular formula is C13H19N3O3. The molecule has 1 aliphatic rings. The summed E-state index contributed by atoms with van der Waals surface area (Å²) in [4.78, 5) is 25.9. The SMILES string of the molecule is CCCNCc1ccc(CN2C(=O)CN(C)C2=O)o1. The van der Waals surface area contributed by atoms with Gasteiger partial charge in [0.05, 0.1) is 13.1 Å². The molecule has 1 aliphatic heterocycles. The number of hydrogen-bond acceptors (Lipinski definition) is 4. The van der Waals surface area contributed by atoms with Gasteiger partial charge in [-0.25, -0.2) is 4.79 Å². The van der Waals surface area contributed by atoms with Crippen LogP contribution in [0.2, 0.25) is 0 Å². The molecule has 6 heteroatoms. The van der Waals surface area contributed by atoms with E-state index in [1.807, 2.05) is 12.1 Å². The third kappa shape index (κ3) is 3.14. The molecule has 2 heterocycles. The van der Waals surface area contributed by atoms with E-state index in [1.165, 1.54) is 9.80 Å². The molecule has 0 radical (unpaired) electrons. The number of urea groups is 1. The summed E-state index contributed by atoms with van der Waals surface area (Å²) in [7, 11) is 1.61. The number of rotatable bonds is 6. The lowest BCUT2D eigenvalue weighted by Gasteiger charge is -2.12. The van der Waals surface area contributed by atoms with Crippen molar-refractivity contribution in [3.63, 3.8) is 0 Å². The van der Waals surface area contributed by atoms with E-state index >= 15 is 0 Å². The zero-order valence-corrected chi connectivity index (χ0v) is 11.3. The lowest BCUT2D eigenvalue weighted by molar-refractivity contribution is -0.125. The quantitative estimate of drug-likeness (QED) is 0.619. The minimum absolute atomic E-state index is 0.143.